The highest BCUT2D eigenvalue weighted by atomic mass is 32.2. The van der Waals surface area contributed by atoms with Gasteiger partial charge in [0.2, 0.25) is 0 Å². The summed E-state index contributed by atoms with van der Waals surface area (Å²) in [6, 6.07) is 1.61. The van der Waals surface area contributed by atoms with E-state index in [-0.39, 0.29) is 12.4 Å². The van der Waals surface area contributed by atoms with Gasteiger partial charge in [-0.15, -0.1) is 0 Å². The number of rotatable bonds is 3. The normalized spacial score (nSPS) is 12.8. The second-order valence-corrected chi connectivity index (χ2v) is 3.20. The van der Waals surface area contributed by atoms with Gasteiger partial charge in [-0.05, 0) is 17.2 Å². The topological polar surface area (TPSA) is 73.2 Å². The van der Waals surface area contributed by atoms with Gasteiger partial charge in [-0.25, -0.2) is 0 Å². The highest BCUT2D eigenvalue weighted by Crippen LogP contribution is 2.04. The quantitative estimate of drug-likeness (QED) is 0.672. The number of pyridine rings is 1. The van der Waals surface area contributed by atoms with E-state index in [9.17, 15) is 8.76 Å². The Morgan fingerprint density at radius 2 is 2.17 bits per heavy atom. The minimum atomic E-state index is -2.10. The summed E-state index contributed by atoms with van der Waals surface area (Å²) in [6.45, 7) is -0.119. The molecule has 0 saturated carbocycles. The first kappa shape index (κ1) is 9.31. The molecular formula is C7H8NO3S-. The van der Waals surface area contributed by atoms with Crippen LogP contribution >= 0.6 is 0 Å². The van der Waals surface area contributed by atoms with Crippen molar-refractivity contribution in [2.75, 3.05) is 0 Å². The van der Waals surface area contributed by atoms with Crippen LogP contribution < -0.4 is 0 Å². The van der Waals surface area contributed by atoms with Crippen LogP contribution in [0.15, 0.2) is 18.5 Å². The molecule has 1 atom stereocenters. The van der Waals surface area contributed by atoms with Crippen LogP contribution in [0.25, 0.3) is 0 Å². The number of nitrogens with zero attached hydrogens (tertiary/aromatic N) is 1. The summed E-state index contributed by atoms with van der Waals surface area (Å²) >= 11 is -2.10. The molecule has 1 N–H and O–H groups in total. The van der Waals surface area contributed by atoms with Crippen LogP contribution in [0.4, 0.5) is 0 Å². The molecule has 12 heavy (non-hydrogen) atoms. The highest BCUT2D eigenvalue weighted by Gasteiger charge is 1.95. The van der Waals surface area contributed by atoms with E-state index in [1.165, 1.54) is 12.4 Å². The summed E-state index contributed by atoms with van der Waals surface area (Å²) in [5, 5.41) is 8.70. The van der Waals surface area contributed by atoms with Crippen molar-refractivity contribution in [1.82, 2.24) is 4.98 Å². The van der Waals surface area contributed by atoms with Crippen LogP contribution in [-0.4, -0.2) is 18.9 Å². The molecule has 0 saturated heterocycles. The molecule has 5 heteroatoms. The highest BCUT2D eigenvalue weighted by molar-refractivity contribution is 7.78. The van der Waals surface area contributed by atoms with E-state index >= 15 is 0 Å². The lowest BCUT2D eigenvalue weighted by Crippen LogP contribution is -1.95. The molecule has 0 aliphatic carbocycles. The van der Waals surface area contributed by atoms with Crippen molar-refractivity contribution in [3.63, 3.8) is 0 Å². The van der Waals surface area contributed by atoms with Gasteiger partial charge in [-0.3, -0.25) is 9.19 Å². The van der Waals surface area contributed by atoms with Gasteiger partial charge in [0.1, 0.15) is 0 Å². The monoisotopic (exact) mass is 186 g/mol. The Morgan fingerprint density at radius 3 is 2.75 bits per heavy atom. The molecule has 0 aliphatic heterocycles. The lowest BCUT2D eigenvalue weighted by Gasteiger charge is -2.04. The average Bonchev–Trinajstić information content (AvgIpc) is 2.03. The van der Waals surface area contributed by atoms with E-state index in [0.717, 1.165) is 0 Å². The second kappa shape index (κ2) is 4.30. The molecule has 1 aromatic rings. The third-order valence-corrected chi connectivity index (χ3v) is 1.89. The molecule has 0 amide bonds. The van der Waals surface area contributed by atoms with Crippen LogP contribution in [0.3, 0.4) is 0 Å². The minimum Gasteiger partial charge on any atom is -0.772 e. The van der Waals surface area contributed by atoms with Crippen LogP contribution in [-0.2, 0) is 23.4 Å². The largest absolute Gasteiger partial charge is 0.772 e. The lowest BCUT2D eigenvalue weighted by molar-refractivity contribution is 0.281. The Labute approximate surface area is 72.6 Å². The maximum Gasteiger partial charge on any atom is 0.0696 e. The predicted octanol–water partition coefficient (Wildman–Crippen LogP) is -0.0470. The number of hydrogen-bond acceptors (Lipinski definition) is 4. The molecule has 0 spiro atoms. The van der Waals surface area contributed by atoms with Gasteiger partial charge < -0.3 is 9.66 Å². The van der Waals surface area contributed by atoms with Gasteiger partial charge in [-0.2, -0.15) is 0 Å². The van der Waals surface area contributed by atoms with Gasteiger partial charge in [-0.1, -0.05) is 11.1 Å². The zero-order chi connectivity index (χ0) is 8.97. The fraction of sp³-hybridized carbons (Fsp3) is 0.286. The van der Waals surface area contributed by atoms with Crippen molar-refractivity contribution in [2.24, 2.45) is 0 Å². The lowest BCUT2D eigenvalue weighted by atomic mass is 10.2. The van der Waals surface area contributed by atoms with E-state index in [1.807, 2.05) is 0 Å². The number of aliphatic hydroxyl groups is 1. The molecule has 0 fully saturated rings. The van der Waals surface area contributed by atoms with Crippen LogP contribution in [0.5, 0.6) is 0 Å². The third kappa shape index (κ3) is 2.69. The molecular weight excluding hydrogens is 178 g/mol. The first-order valence-electron chi connectivity index (χ1n) is 3.32. The molecule has 1 aromatic heterocycles. The number of hydrogen-bond donors (Lipinski definition) is 1. The van der Waals surface area contributed by atoms with E-state index in [0.29, 0.717) is 11.1 Å². The maximum atomic E-state index is 10.3. The van der Waals surface area contributed by atoms with Crippen molar-refractivity contribution in [3.05, 3.63) is 29.6 Å². The fourth-order valence-corrected chi connectivity index (χ4v) is 1.27. The average molecular weight is 186 g/mol. The van der Waals surface area contributed by atoms with Crippen LogP contribution in [0.1, 0.15) is 11.1 Å². The second-order valence-electron chi connectivity index (χ2n) is 2.31. The van der Waals surface area contributed by atoms with Crippen molar-refractivity contribution in [3.8, 4) is 0 Å². The Balaban J connectivity index is 2.79. The summed E-state index contributed by atoms with van der Waals surface area (Å²) in [7, 11) is 0. The van der Waals surface area contributed by atoms with Crippen molar-refractivity contribution in [1.29, 1.82) is 0 Å². The number of aromatic nitrogens is 1. The summed E-state index contributed by atoms with van der Waals surface area (Å²) in [5.74, 6) is -0.0547. The fourth-order valence-electron chi connectivity index (χ4n) is 0.843. The molecule has 0 aromatic carbocycles. The van der Waals surface area contributed by atoms with Crippen molar-refractivity contribution >= 4 is 11.1 Å². The van der Waals surface area contributed by atoms with Gasteiger partial charge >= 0.3 is 0 Å². The van der Waals surface area contributed by atoms with Gasteiger partial charge in [0.05, 0.1) is 6.61 Å². The van der Waals surface area contributed by atoms with Crippen molar-refractivity contribution in [2.45, 2.75) is 12.4 Å². The van der Waals surface area contributed by atoms with Gasteiger partial charge in [0.15, 0.2) is 0 Å². The molecule has 1 unspecified atom stereocenters. The molecule has 4 nitrogen and oxygen atoms in total. The molecule has 1 rings (SSSR count). The van der Waals surface area contributed by atoms with Crippen molar-refractivity contribution < 1.29 is 13.9 Å². The zero-order valence-corrected chi connectivity index (χ0v) is 7.08. The molecule has 0 aliphatic rings. The van der Waals surface area contributed by atoms with Gasteiger partial charge in [0, 0.05) is 18.1 Å². The smallest absolute Gasteiger partial charge is 0.0696 e. The Morgan fingerprint density at radius 1 is 1.50 bits per heavy atom. The Hall–Kier alpha value is -0.780. The molecule has 0 radical (unpaired) electrons. The summed E-state index contributed by atoms with van der Waals surface area (Å²) < 4.78 is 20.6. The Kier molecular flexibility index (Phi) is 3.33. The predicted molar refractivity (Wildman–Crippen MR) is 42.8 cm³/mol. The summed E-state index contributed by atoms with van der Waals surface area (Å²) in [6.07, 6.45) is 2.96. The summed E-state index contributed by atoms with van der Waals surface area (Å²) in [5.41, 5.74) is 1.22. The maximum absolute atomic E-state index is 10.3. The van der Waals surface area contributed by atoms with E-state index < -0.39 is 11.1 Å². The standard InChI is InChI=1S/C7H9NO3S/c9-4-6-1-7(3-8-2-6)5-12(10)11/h1-3,9H,4-5H2,(H,10,11)/p-1. The SMILES string of the molecule is O=S([O-])Cc1cncc(CO)c1. The molecule has 1 heterocycles. The minimum absolute atomic E-state index is 0.0547. The molecule has 0 bridgehead atoms. The van der Waals surface area contributed by atoms with E-state index in [2.05, 4.69) is 4.98 Å². The zero-order valence-electron chi connectivity index (χ0n) is 6.27. The van der Waals surface area contributed by atoms with E-state index in [1.54, 1.807) is 6.07 Å². The van der Waals surface area contributed by atoms with Crippen LogP contribution in [0.2, 0.25) is 0 Å². The Bertz CT molecular complexity index is 290. The number of aliphatic hydroxyl groups excluding tert-OH is 1. The first-order chi connectivity index (χ1) is 5.72. The van der Waals surface area contributed by atoms with Gasteiger partial charge in [0.25, 0.3) is 0 Å². The van der Waals surface area contributed by atoms with E-state index in [4.69, 9.17) is 5.11 Å². The summed E-state index contributed by atoms with van der Waals surface area (Å²) in [4.78, 5) is 3.78. The van der Waals surface area contributed by atoms with Crippen LogP contribution in [0, 0.1) is 0 Å². The third-order valence-electron chi connectivity index (χ3n) is 1.32. The first-order valence-corrected chi connectivity index (χ1v) is 4.56. The molecule has 66 valence electrons.